The number of amides is 1. The predicted octanol–water partition coefficient (Wildman–Crippen LogP) is 3.14. The van der Waals surface area contributed by atoms with Gasteiger partial charge in [0.25, 0.3) is 5.56 Å². The largest absolute Gasteiger partial charge is 0.379 e. The molecule has 0 aromatic carbocycles. The molecule has 3 fully saturated rings. The molecule has 2 aromatic heterocycles. The first-order chi connectivity index (χ1) is 14.7. The molecule has 3 saturated carbocycles. The topological polar surface area (TPSA) is 102 Å². The first-order valence-electron chi connectivity index (χ1n) is 10.4. The highest BCUT2D eigenvalue weighted by atomic mass is 35.5. The van der Waals surface area contributed by atoms with Crippen molar-refractivity contribution in [2.45, 2.75) is 52.7 Å². The molecular formula is C21H26Cl2N6O2. The lowest BCUT2D eigenvalue weighted by Gasteiger charge is -2.62. The van der Waals surface area contributed by atoms with E-state index < -0.39 is 5.56 Å². The van der Waals surface area contributed by atoms with Gasteiger partial charge < -0.3 is 10.6 Å². The van der Waals surface area contributed by atoms with Crippen LogP contribution in [0.15, 0.2) is 23.3 Å². The van der Waals surface area contributed by atoms with Gasteiger partial charge >= 0.3 is 0 Å². The fourth-order valence-electron chi connectivity index (χ4n) is 5.08. The van der Waals surface area contributed by atoms with Gasteiger partial charge in [0, 0.05) is 18.2 Å². The Morgan fingerprint density at radius 2 is 2.10 bits per heavy atom. The maximum absolute atomic E-state index is 12.7. The van der Waals surface area contributed by atoms with E-state index >= 15 is 0 Å². The van der Waals surface area contributed by atoms with Gasteiger partial charge in [-0.25, -0.2) is 4.68 Å². The maximum Gasteiger partial charge on any atom is 0.288 e. The van der Waals surface area contributed by atoms with Crippen LogP contribution in [0, 0.1) is 23.2 Å². The Labute approximate surface area is 190 Å². The normalized spacial score (nSPS) is 26.1. The van der Waals surface area contributed by atoms with Crippen molar-refractivity contribution in [2.24, 2.45) is 23.2 Å². The van der Waals surface area contributed by atoms with Crippen molar-refractivity contribution in [1.29, 1.82) is 0 Å². The molecular weight excluding hydrogens is 439 g/mol. The fourth-order valence-corrected chi connectivity index (χ4v) is 5.45. The molecule has 8 nitrogen and oxygen atoms in total. The molecule has 4 atom stereocenters. The van der Waals surface area contributed by atoms with E-state index in [0.29, 0.717) is 34.4 Å². The Bertz CT molecular complexity index is 1060. The quantitative estimate of drug-likeness (QED) is 0.680. The van der Waals surface area contributed by atoms with Gasteiger partial charge in [0.05, 0.1) is 18.1 Å². The third-order valence-corrected chi connectivity index (χ3v) is 7.89. The highest BCUT2D eigenvalue weighted by Gasteiger charge is 2.56. The summed E-state index contributed by atoms with van der Waals surface area (Å²) >= 11 is 12.3. The summed E-state index contributed by atoms with van der Waals surface area (Å²) in [7, 11) is 0. The molecule has 2 aromatic rings. The first kappa shape index (κ1) is 22.0. The molecule has 0 unspecified atom stereocenters. The number of hydrogen-bond donors (Lipinski definition) is 2. The number of fused-ring (bicyclic) bond motifs is 2. The van der Waals surface area contributed by atoms with Crippen LogP contribution in [0.25, 0.3) is 0 Å². The summed E-state index contributed by atoms with van der Waals surface area (Å²) in [6.07, 6.45) is 5.34. The van der Waals surface area contributed by atoms with E-state index in [1.54, 1.807) is 6.07 Å². The second-order valence-corrected chi connectivity index (χ2v) is 9.90. The number of nitrogens with zero attached hydrogens (tertiary/aromatic N) is 4. The van der Waals surface area contributed by atoms with Crippen LogP contribution in [-0.4, -0.2) is 31.9 Å². The minimum atomic E-state index is -0.501. The molecule has 0 spiro atoms. The summed E-state index contributed by atoms with van der Waals surface area (Å²) in [6.45, 7) is 6.88. The van der Waals surface area contributed by atoms with E-state index in [9.17, 15) is 9.59 Å². The Hall–Kier alpha value is -2.19. The van der Waals surface area contributed by atoms with Crippen LogP contribution < -0.4 is 16.2 Å². The van der Waals surface area contributed by atoms with Gasteiger partial charge in [0.15, 0.2) is 5.15 Å². The predicted molar refractivity (Wildman–Crippen MR) is 119 cm³/mol. The molecule has 10 heteroatoms. The van der Waals surface area contributed by atoms with Crippen molar-refractivity contribution in [3.8, 4) is 0 Å². The van der Waals surface area contributed by atoms with E-state index in [1.165, 1.54) is 18.8 Å². The number of halogens is 2. The van der Waals surface area contributed by atoms with Gasteiger partial charge in [-0.2, -0.15) is 10.2 Å². The van der Waals surface area contributed by atoms with Crippen molar-refractivity contribution in [3.63, 3.8) is 0 Å². The summed E-state index contributed by atoms with van der Waals surface area (Å²) in [5.41, 5.74) is 1.03. The average molecular weight is 465 g/mol. The van der Waals surface area contributed by atoms with Gasteiger partial charge in [-0.05, 0) is 42.1 Å². The van der Waals surface area contributed by atoms with Crippen LogP contribution >= 0.6 is 23.2 Å². The van der Waals surface area contributed by atoms with Crippen LogP contribution in [0.1, 0.15) is 39.2 Å². The highest BCUT2D eigenvalue weighted by molar-refractivity contribution is 6.33. The van der Waals surface area contributed by atoms with Gasteiger partial charge in [-0.3, -0.25) is 9.59 Å². The zero-order chi connectivity index (χ0) is 22.3. The van der Waals surface area contributed by atoms with Crippen molar-refractivity contribution in [2.75, 3.05) is 5.32 Å². The Balaban J connectivity index is 1.39. The van der Waals surface area contributed by atoms with Gasteiger partial charge in [-0.1, -0.05) is 44.0 Å². The van der Waals surface area contributed by atoms with Gasteiger partial charge in [0.1, 0.15) is 11.6 Å². The summed E-state index contributed by atoms with van der Waals surface area (Å²) in [5.74, 6) is 1.45. The summed E-state index contributed by atoms with van der Waals surface area (Å²) < 4.78 is 1.06. The minimum Gasteiger partial charge on any atom is -0.379 e. The number of rotatable bonds is 6. The number of nitrogens with one attached hydrogen (secondary N) is 2. The lowest BCUT2D eigenvalue weighted by molar-refractivity contribution is -0.122. The average Bonchev–Trinajstić information content (AvgIpc) is 2.73. The Kier molecular flexibility index (Phi) is 5.96. The Morgan fingerprint density at radius 3 is 2.77 bits per heavy atom. The molecule has 166 valence electrons. The van der Waals surface area contributed by atoms with E-state index in [0.717, 1.165) is 11.1 Å². The van der Waals surface area contributed by atoms with Crippen molar-refractivity contribution >= 4 is 34.8 Å². The van der Waals surface area contributed by atoms with Gasteiger partial charge in [-0.15, -0.1) is 5.10 Å². The number of anilines is 1. The van der Waals surface area contributed by atoms with E-state index in [1.807, 2.05) is 0 Å². The zero-order valence-corrected chi connectivity index (χ0v) is 19.2. The molecule has 3 aliphatic rings. The third kappa shape index (κ3) is 4.15. The van der Waals surface area contributed by atoms with E-state index in [2.05, 4.69) is 46.7 Å². The lowest BCUT2D eigenvalue weighted by atomic mass is 9.45. The number of aromatic nitrogens is 4. The standard InChI is InChI=1S/C21H26Cl2N6O2/c1-11-14-6-13(21(14,2)3)7-15(11)27-16-9-26-29(20(31)18(16)22)10-17(30)24-8-12-4-5-25-28-19(12)23/h4-5,9,11,13-15,27H,6-8,10H2,1-3H3,(H,24,30)/t11-,13-,14+,15-/m1/s1. The summed E-state index contributed by atoms with van der Waals surface area (Å²) in [5, 5.41) is 17.9. The number of hydrogen-bond acceptors (Lipinski definition) is 6. The van der Waals surface area contributed by atoms with Crippen LogP contribution in [0.5, 0.6) is 0 Å². The molecule has 2 heterocycles. The maximum atomic E-state index is 12.7. The molecule has 0 radical (unpaired) electrons. The van der Waals surface area contributed by atoms with Crippen LogP contribution in [0.2, 0.25) is 10.2 Å². The Morgan fingerprint density at radius 1 is 1.32 bits per heavy atom. The zero-order valence-electron chi connectivity index (χ0n) is 17.7. The molecule has 1 amide bonds. The smallest absolute Gasteiger partial charge is 0.288 e. The molecule has 3 aliphatic carbocycles. The fraction of sp³-hybridized carbons (Fsp3) is 0.571. The van der Waals surface area contributed by atoms with Crippen molar-refractivity contribution in [1.82, 2.24) is 25.3 Å². The van der Waals surface area contributed by atoms with Gasteiger partial charge in [0.2, 0.25) is 5.91 Å². The van der Waals surface area contributed by atoms with Crippen molar-refractivity contribution < 1.29 is 4.79 Å². The second kappa shape index (κ2) is 8.39. The molecule has 5 rings (SSSR count). The minimum absolute atomic E-state index is 0.0508. The number of carbonyl (C=O) groups excluding carboxylic acids is 1. The highest BCUT2D eigenvalue weighted by Crippen LogP contribution is 2.61. The van der Waals surface area contributed by atoms with Crippen LogP contribution in [0.4, 0.5) is 5.69 Å². The molecule has 31 heavy (non-hydrogen) atoms. The summed E-state index contributed by atoms with van der Waals surface area (Å²) in [6, 6.07) is 1.92. The first-order valence-corrected chi connectivity index (χ1v) is 11.2. The van der Waals surface area contributed by atoms with Crippen LogP contribution in [0.3, 0.4) is 0 Å². The third-order valence-electron chi connectivity index (χ3n) is 7.20. The molecule has 2 N–H and O–H groups in total. The lowest BCUT2D eigenvalue weighted by Crippen LogP contribution is -2.58. The van der Waals surface area contributed by atoms with E-state index in [4.69, 9.17) is 23.2 Å². The summed E-state index contributed by atoms with van der Waals surface area (Å²) in [4.78, 5) is 24.9. The molecule has 0 aliphatic heterocycles. The van der Waals surface area contributed by atoms with E-state index in [-0.39, 0.29) is 35.2 Å². The van der Waals surface area contributed by atoms with Crippen molar-refractivity contribution in [3.05, 3.63) is 44.6 Å². The molecule has 2 bridgehead atoms. The van der Waals surface area contributed by atoms with Crippen LogP contribution in [-0.2, 0) is 17.9 Å². The molecule has 0 saturated heterocycles. The second-order valence-electron chi connectivity index (χ2n) is 9.17. The SMILES string of the molecule is C[C@H]1[C@H](Nc2cnn(CC(=O)NCc3ccnnc3Cl)c(=O)c2Cl)C[C@H]2C[C@@H]1C2(C)C. The number of carbonyl (C=O) groups is 1. The monoisotopic (exact) mass is 464 g/mol.